The van der Waals surface area contributed by atoms with Gasteiger partial charge >= 0.3 is 0 Å². The molecule has 1 fully saturated rings. The first-order valence-corrected chi connectivity index (χ1v) is 13.4. The van der Waals surface area contributed by atoms with Gasteiger partial charge in [0.15, 0.2) is 0 Å². The summed E-state index contributed by atoms with van der Waals surface area (Å²) in [6.07, 6.45) is -0.491. The minimum atomic E-state index is -0.657. The number of piperazine rings is 1. The lowest BCUT2D eigenvalue weighted by Crippen LogP contribution is -2.44. The second-order valence-corrected chi connectivity index (χ2v) is 10.4. The Morgan fingerprint density at radius 1 is 0.895 bits per heavy atom. The summed E-state index contributed by atoms with van der Waals surface area (Å²) in [7, 11) is 2.17. The molecule has 1 saturated heterocycles. The van der Waals surface area contributed by atoms with E-state index in [0.717, 1.165) is 42.9 Å². The topological polar surface area (TPSA) is 68.6 Å². The zero-order valence-electron chi connectivity index (χ0n) is 22.6. The molecule has 2 atom stereocenters. The van der Waals surface area contributed by atoms with Crippen molar-refractivity contribution in [2.75, 3.05) is 44.7 Å². The Morgan fingerprint density at radius 3 is 2.05 bits per heavy atom. The molecule has 4 rings (SSSR count). The second kappa shape index (κ2) is 13.2. The van der Waals surface area contributed by atoms with Crippen LogP contribution in [0.15, 0.2) is 78.9 Å². The van der Waals surface area contributed by atoms with Gasteiger partial charge in [0.25, 0.3) is 0 Å². The van der Waals surface area contributed by atoms with Crippen LogP contribution in [0.4, 0.5) is 5.69 Å². The number of carbonyl (C=O) groups is 1. The molecule has 38 heavy (non-hydrogen) atoms. The Labute approximate surface area is 226 Å². The molecule has 0 unspecified atom stereocenters. The summed E-state index contributed by atoms with van der Waals surface area (Å²) in [6, 6.07) is 29.2. The smallest absolute Gasteiger partial charge is 0.250 e. The number of anilines is 1. The van der Waals surface area contributed by atoms with Gasteiger partial charge in [-0.25, -0.2) is 0 Å². The summed E-state index contributed by atoms with van der Waals surface area (Å²) >= 11 is 0. The number of carbonyl (C=O) groups excluding carboxylic acids is 1. The number of hydrogen-bond acceptors (Lipinski definition) is 5. The Kier molecular flexibility index (Phi) is 9.53. The maximum atomic E-state index is 12.8. The fraction of sp³-hybridized carbons (Fsp3) is 0.375. The highest BCUT2D eigenvalue weighted by Crippen LogP contribution is 2.31. The third kappa shape index (κ3) is 7.22. The summed E-state index contributed by atoms with van der Waals surface area (Å²) in [5.41, 5.74) is 5.53. The third-order valence-electron chi connectivity index (χ3n) is 7.00. The van der Waals surface area contributed by atoms with E-state index in [2.05, 4.69) is 84.5 Å². The zero-order chi connectivity index (χ0) is 26.9. The lowest BCUT2D eigenvalue weighted by atomic mass is 9.97. The summed E-state index contributed by atoms with van der Waals surface area (Å²) in [6.45, 7) is 8.38. The second-order valence-electron chi connectivity index (χ2n) is 10.4. The molecule has 6 heteroatoms. The van der Waals surface area contributed by atoms with E-state index in [1.165, 1.54) is 11.3 Å². The standard InChI is InChI=1S/C32H38N4O2/c1-24(2)23-30(32(37)34-18-17-33)38-31(27-7-5-4-6-8-27)28-11-9-25(10-12-28)26-13-15-29(16-14-26)36-21-19-35(3)20-22-36/h4-16,24,30-31H,18-23H2,1-3H3,(H,34,37)/t30-,31+/m0/s1. The van der Waals surface area contributed by atoms with Crippen molar-refractivity contribution in [2.24, 2.45) is 5.92 Å². The van der Waals surface area contributed by atoms with Crippen LogP contribution in [0, 0.1) is 17.2 Å². The maximum absolute atomic E-state index is 12.8. The van der Waals surface area contributed by atoms with Gasteiger partial charge in [-0.05, 0) is 53.8 Å². The molecule has 1 N–H and O–H groups in total. The predicted molar refractivity (Wildman–Crippen MR) is 153 cm³/mol. The molecule has 3 aromatic carbocycles. The molecule has 1 aliphatic rings. The van der Waals surface area contributed by atoms with Crippen LogP contribution in [-0.2, 0) is 9.53 Å². The number of ether oxygens (including phenoxy) is 1. The Morgan fingerprint density at radius 2 is 1.47 bits per heavy atom. The van der Waals surface area contributed by atoms with Gasteiger partial charge in [0.2, 0.25) is 5.91 Å². The maximum Gasteiger partial charge on any atom is 0.250 e. The highest BCUT2D eigenvalue weighted by molar-refractivity contribution is 5.81. The van der Waals surface area contributed by atoms with Crippen molar-refractivity contribution < 1.29 is 9.53 Å². The number of amides is 1. The quantitative estimate of drug-likeness (QED) is 0.377. The van der Waals surface area contributed by atoms with E-state index >= 15 is 0 Å². The highest BCUT2D eigenvalue weighted by Gasteiger charge is 2.26. The first kappa shape index (κ1) is 27.4. The molecule has 1 aliphatic heterocycles. The lowest BCUT2D eigenvalue weighted by molar-refractivity contribution is -0.136. The van der Waals surface area contributed by atoms with Crippen molar-refractivity contribution in [3.8, 4) is 17.2 Å². The molecule has 1 heterocycles. The monoisotopic (exact) mass is 510 g/mol. The molecule has 0 aliphatic carbocycles. The van der Waals surface area contributed by atoms with Gasteiger partial charge in [0.05, 0.1) is 6.07 Å². The molecule has 0 radical (unpaired) electrons. The van der Waals surface area contributed by atoms with E-state index in [-0.39, 0.29) is 18.4 Å². The molecule has 0 bridgehead atoms. The molecule has 1 amide bonds. The van der Waals surface area contributed by atoms with Gasteiger partial charge in [-0.3, -0.25) is 4.79 Å². The van der Waals surface area contributed by atoms with Gasteiger partial charge < -0.3 is 19.9 Å². The van der Waals surface area contributed by atoms with Crippen LogP contribution in [0.3, 0.4) is 0 Å². The van der Waals surface area contributed by atoms with E-state index in [1.54, 1.807) is 0 Å². The first-order valence-electron chi connectivity index (χ1n) is 13.4. The van der Waals surface area contributed by atoms with Gasteiger partial charge in [0.1, 0.15) is 18.8 Å². The van der Waals surface area contributed by atoms with Crippen molar-refractivity contribution in [2.45, 2.75) is 32.5 Å². The fourth-order valence-corrected chi connectivity index (χ4v) is 4.81. The summed E-state index contributed by atoms with van der Waals surface area (Å²) in [5.74, 6) is 0.0127. The normalized spacial score (nSPS) is 15.6. The van der Waals surface area contributed by atoms with Crippen molar-refractivity contribution in [3.63, 3.8) is 0 Å². The number of nitrogens with zero attached hydrogens (tertiary/aromatic N) is 3. The number of hydrogen-bond donors (Lipinski definition) is 1. The molecular weight excluding hydrogens is 472 g/mol. The average molecular weight is 511 g/mol. The van der Waals surface area contributed by atoms with Gasteiger partial charge in [0, 0.05) is 31.9 Å². The van der Waals surface area contributed by atoms with Crippen molar-refractivity contribution in [1.29, 1.82) is 5.26 Å². The van der Waals surface area contributed by atoms with Gasteiger partial charge in [-0.15, -0.1) is 0 Å². The Hall–Kier alpha value is -3.66. The van der Waals surface area contributed by atoms with Crippen LogP contribution in [0.5, 0.6) is 0 Å². The van der Waals surface area contributed by atoms with Crippen LogP contribution in [0.1, 0.15) is 37.5 Å². The molecule has 0 spiro atoms. The lowest BCUT2D eigenvalue weighted by Gasteiger charge is -2.34. The SMILES string of the molecule is CC(C)C[C@H](O[C@H](c1ccccc1)c1ccc(-c2ccc(N3CCN(C)CC3)cc2)cc1)C(=O)NCC#N. The zero-order valence-corrected chi connectivity index (χ0v) is 22.6. The van der Waals surface area contributed by atoms with Gasteiger partial charge in [-0.2, -0.15) is 5.26 Å². The number of benzene rings is 3. The van der Waals surface area contributed by atoms with Crippen LogP contribution in [0.2, 0.25) is 0 Å². The minimum absolute atomic E-state index is 0.0327. The Balaban J connectivity index is 1.54. The highest BCUT2D eigenvalue weighted by atomic mass is 16.5. The minimum Gasteiger partial charge on any atom is -0.369 e. The van der Waals surface area contributed by atoms with E-state index in [0.29, 0.717) is 6.42 Å². The molecule has 6 nitrogen and oxygen atoms in total. The van der Waals surface area contributed by atoms with Crippen LogP contribution >= 0.6 is 0 Å². The van der Waals surface area contributed by atoms with E-state index in [9.17, 15) is 4.79 Å². The summed E-state index contributed by atoms with van der Waals surface area (Å²) in [4.78, 5) is 17.6. The van der Waals surface area contributed by atoms with Crippen LogP contribution < -0.4 is 10.2 Å². The first-order chi connectivity index (χ1) is 18.4. The van der Waals surface area contributed by atoms with Crippen LogP contribution in [0.25, 0.3) is 11.1 Å². The van der Waals surface area contributed by atoms with Crippen molar-refractivity contribution in [1.82, 2.24) is 10.2 Å². The van der Waals surface area contributed by atoms with E-state index in [1.807, 2.05) is 36.4 Å². The molecule has 3 aromatic rings. The molecule has 198 valence electrons. The number of nitrogens with one attached hydrogen (secondary N) is 1. The van der Waals surface area contributed by atoms with Crippen molar-refractivity contribution >= 4 is 11.6 Å². The third-order valence-corrected chi connectivity index (χ3v) is 7.00. The van der Waals surface area contributed by atoms with E-state index in [4.69, 9.17) is 10.00 Å². The van der Waals surface area contributed by atoms with Crippen molar-refractivity contribution in [3.05, 3.63) is 90.0 Å². The van der Waals surface area contributed by atoms with Crippen LogP contribution in [-0.4, -0.2) is 56.7 Å². The number of nitriles is 1. The van der Waals surface area contributed by atoms with E-state index < -0.39 is 12.2 Å². The fourth-order valence-electron chi connectivity index (χ4n) is 4.81. The summed E-state index contributed by atoms with van der Waals surface area (Å²) in [5, 5.41) is 11.6. The summed E-state index contributed by atoms with van der Waals surface area (Å²) < 4.78 is 6.50. The Bertz CT molecular complexity index is 1190. The van der Waals surface area contributed by atoms with Gasteiger partial charge in [-0.1, -0.05) is 80.6 Å². The molecule has 0 saturated carbocycles. The molecule has 0 aromatic heterocycles. The predicted octanol–water partition coefficient (Wildman–Crippen LogP) is 5.27. The largest absolute Gasteiger partial charge is 0.369 e. The number of likely N-dealkylation sites (N-methyl/N-ethyl adjacent to an activating group) is 1. The number of rotatable bonds is 10. The molecular formula is C32H38N4O2. The average Bonchev–Trinajstić information content (AvgIpc) is 2.95.